The number of carbonyl (C=O) groups is 1. The van der Waals surface area contributed by atoms with Gasteiger partial charge in [-0.3, -0.25) is 9.69 Å². The van der Waals surface area contributed by atoms with E-state index in [-0.39, 0.29) is 17.3 Å². The van der Waals surface area contributed by atoms with Gasteiger partial charge in [-0.2, -0.15) is 0 Å². The Morgan fingerprint density at radius 1 is 1.32 bits per heavy atom. The third kappa shape index (κ3) is 2.94. The molecule has 0 amide bonds. The maximum Gasteiger partial charge on any atom is 0.193 e. The Morgan fingerprint density at radius 3 is 2.73 bits per heavy atom. The Morgan fingerprint density at radius 2 is 2.05 bits per heavy atom. The van der Waals surface area contributed by atoms with Gasteiger partial charge < -0.3 is 14.2 Å². The minimum absolute atomic E-state index is 0.106. The van der Waals surface area contributed by atoms with Crippen LogP contribution in [0.2, 0.25) is 0 Å². The number of fused-ring (bicyclic) bond motifs is 3. The minimum Gasteiger partial charge on any atom is -0.499 e. The Kier molecular flexibility index (Phi) is 4.32. The van der Waals surface area contributed by atoms with Gasteiger partial charge in [0.25, 0.3) is 0 Å². The molecule has 4 aliphatic rings. The second-order valence-corrected chi connectivity index (χ2v) is 7.25. The molecule has 1 aliphatic carbocycles. The second-order valence-electron chi connectivity index (χ2n) is 7.25. The van der Waals surface area contributed by atoms with Gasteiger partial charge in [0, 0.05) is 31.1 Å². The average molecular weight is 309 g/mol. The van der Waals surface area contributed by atoms with Crippen LogP contribution >= 0.6 is 0 Å². The molecule has 1 saturated carbocycles. The minimum atomic E-state index is -0.669. The second kappa shape index (κ2) is 5.95. The topological polar surface area (TPSA) is 48.0 Å². The molecule has 0 spiro atoms. The van der Waals surface area contributed by atoms with Crippen molar-refractivity contribution >= 4 is 5.78 Å². The standard InChI is InChI=1S/C17H27NO4/c1-16(2)14-4-5-17(3,22-16)15(19)13(14)12-21-11-8-18-6-9-20-10-7-18/h12,14H,4-11H2,1-3H3/b13-12-. The molecule has 2 bridgehead atoms. The Labute approximate surface area is 132 Å². The van der Waals surface area contributed by atoms with Crippen LogP contribution in [0.15, 0.2) is 11.8 Å². The smallest absolute Gasteiger partial charge is 0.193 e. The average Bonchev–Trinajstić information content (AvgIpc) is 2.47. The molecule has 0 N–H and O–H groups in total. The third-order valence-corrected chi connectivity index (χ3v) is 5.19. The van der Waals surface area contributed by atoms with Crippen LogP contribution in [-0.4, -0.2) is 61.3 Å². The number of carbonyl (C=O) groups excluding carboxylic acids is 1. The highest BCUT2D eigenvalue weighted by Gasteiger charge is 2.56. The van der Waals surface area contributed by atoms with Crippen molar-refractivity contribution in [2.75, 3.05) is 39.5 Å². The highest BCUT2D eigenvalue weighted by atomic mass is 16.5. The third-order valence-electron chi connectivity index (χ3n) is 5.19. The molecule has 5 heteroatoms. The van der Waals surface area contributed by atoms with E-state index < -0.39 is 5.60 Å². The van der Waals surface area contributed by atoms with E-state index in [9.17, 15) is 4.79 Å². The fraction of sp³-hybridized carbons (Fsp3) is 0.824. The summed E-state index contributed by atoms with van der Waals surface area (Å²) < 4.78 is 17.1. The fourth-order valence-corrected chi connectivity index (χ4v) is 3.91. The summed E-state index contributed by atoms with van der Waals surface area (Å²) in [5, 5.41) is 0. The summed E-state index contributed by atoms with van der Waals surface area (Å²) in [5.74, 6) is 0.250. The van der Waals surface area contributed by atoms with Crippen molar-refractivity contribution in [3.05, 3.63) is 11.8 Å². The van der Waals surface area contributed by atoms with Crippen molar-refractivity contribution in [2.45, 2.75) is 44.8 Å². The van der Waals surface area contributed by atoms with E-state index in [1.54, 1.807) is 6.26 Å². The van der Waals surface area contributed by atoms with Gasteiger partial charge in [-0.25, -0.2) is 0 Å². The van der Waals surface area contributed by atoms with Crippen LogP contribution in [0.4, 0.5) is 0 Å². The summed E-state index contributed by atoms with van der Waals surface area (Å²) in [7, 11) is 0. The predicted molar refractivity (Wildman–Crippen MR) is 82.6 cm³/mol. The predicted octanol–water partition coefficient (Wildman–Crippen LogP) is 1.77. The molecule has 0 aromatic carbocycles. The van der Waals surface area contributed by atoms with Crippen LogP contribution in [0, 0.1) is 5.92 Å². The van der Waals surface area contributed by atoms with Crippen molar-refractivity contribution in [3.8, 4) is 0 Å². The van der Waals surface area contributed by atoms with E-state index in [0.717, 1.165) is 51.3 Å². The van der Waals surface area contributed by atoms with Crippen LogP contribution in [0.5, 0.6) is 0 Å². The lowest BCUT2D eigenvalue weighted by Crippen LogP contribution is -2.60. The van der Waals surface area contributed by atoms with Crippen LogP contribution in [0.3, 0.4) is 0 Å². The highest BCUT2D eigenvalue weighted by molar-refractivity contribution is 6.03. The van der Waals surface area contributed by atoms with E-state index in [1.165, 1.54) is 0 Å². The lowest BCUT2D eigenvalue weighted by molar-refractivity contribution is -0.207. The number of rotatable bonds is 4. The number of ketones is 1. The van der Waals surface area contributed by atoms with Crippen LogP contribution in [0.1, 0.15) is 33.6 Å². The van der Waals surface area contributed by atoms with Crippen molar-refractivity contribution in [1.82, 2.24) is 4.90 Å². The van der Waals surface area contributed by atoms with Gasteiger partial charge in [0.15, 0.2) is 5.78 Å². The van der Waals surface area contributed by atoms with Gasteiger partial charge in [-0.05, 0) is 33.6 Å². The Bertz CT molecular complexity index is 467. The first-order valence-corrected chi connectivity index (χ1v) is 8.29. The molecule has 124 valence electrons. The normalized spacial score (nSPS) is 36.8. The van der Waals surface area contributed by atoms with E-state index in [4.69, 9.17) is 14.2 Å². The number of ether oxygens (including phenoxy) is 3. The molecule has 4 rings (SSSR count). The first-order chi connectivity index (χ1) is 10.4. The van der Waals surface area contributed by atoms with Crippen molar-refractivity contribution in [1.29, 1.82) is 0 Å². The van der Waals surface area contributed by atoms with Gasteiger partial charge in [0.2, 0.25) is 0 Å². The molecule has 2 unspecified atom stereocenters. The van der Waals surface area contributed by atoms with Gasteiger partial charge in [-0.15, -0.1) is 0 Å². The zero-order chi connectivity index (χ0) is 15.8. The number of Topliss-reactive ketones (excluding diaryl/α,β-unsaturated/α-hetero) is 1. The SMILES string of the molecule is CC12CCC(/C(=C/OCCN3CCOCC3)C1=O)C(C)(C)O2. The first kappa shape index (κ1) is 16.0. The number of morpholine rings is 1. The lowest BCUT2D eigenvalue weighted by atomic mass is 9.65. The summed E-state index contributed by atoms with van der Waals surface area (Å²) in [4.78, 5) is 14.9. The molecule has 0 radical (unpaired) electrons. The molecule has 2 atom stereocenters. The summed E-state index contributed by atoms with van der Waals surface area (Å²) in [6.07, 6.45) is 3.51. The molecular weight excluding hydrogens is 282 g/mol. The maximum absolute atomic E-state index is 12.6. The van der Waals surface area contributed by atoms with E-state index in [0.29, 0.717) is 6.61 Å². The largest absolute Gasteiger partial charge is 0.499 e. The number of hydrogen-bond donors (Lipinski definition) is 0. The van der Waals surface area contributed by atoms with Gasteiger partial charge in [-0.1, -0.05) is 0 Å². The number of nitrogens with zero attached hydrogens (tertiary/aromatic N) is 1. The maximum atomic E-state index is 12.6. The van der Waals surface area contributed by atoms with Gasteiger partial charge in [0.1, 0.15) is 5.60 Å². The van der Waals surface area contributed by atoms with Crippen LogP contribution in [-0.2, 0) is 19.0 Å². The molecule has 3 heterocycles. The van der Waals surface area contributed by atoms with Gasteiger partial charge in [0.05, 0.1) is 31.7 Å². The molecule has 22 heavy (non-hydrogen) atoms. The van der Waals surface area contributed by atoms with Crippen LogP contribution in [0.25, 0.3) is 0 Å². The fourth-order valence-electron chi connectivity index (χ4n) is 3.91. The van der Waals surface area contributed by atoms with E-state index in [2.05, 4.69) is 18.7 Å². The van der Waals surface area contributed by atoms with E-state index >= 15 is 0 Å². The first-order valence-electron chi connectivity index (χ1n) is 8.29. The van der Waals surface area contributed by atoms with Crippen LogP contribution < -0.4 is 0 Å². The molecule has 0 aromatic heterocycles. The lowest BCUT2D eigenvalue weighted by Gasteiger charge is -2.53. The molecule has 3 aliphatic heterocycles. The molecule has 5 nitrogen and oxygen atoms in total. The molecule has 0 aromatic rings. The molecular formula is C17H27NO4. The Hall–Kier alpha value is -0.910. The summed E-state index contributed by atoms with van der Waals surface area (Å²) in [5.41, 5.74) is -0.148. The zero-order valence-electron chi connectivity index (χ0n) is 13.9. The quantitative estimate of drug-likeness (QED) is 0.450. The summed E-state index contributed by atoms with van der Waals surface area (Å²) in [6.45, 7) is 11.1. The zero-order valence-corrected chi connectivity index (χ0v) is 13.9. The van der Waals surface area contributed by atoms with E-state index in [1.807, 2.05) is 6.92 Å². The summed E-state index contributed by atoms with van der Waals surface area (Å²) in [6, 6.07) is 0. The molecule has 3 saturated heterocycles. The molecule has 4 fully saturated rings. The number of hydrogen-bond acceptors (Lipinski definition) is 5. The summed E-state index contributed by atoms with van der Waals surface area (Å²) >= 11 is 0. The monoisotopic (exact) mass is 309 g/mol. The van der Waals surface area contributed by atoms with Crippen molar-refractivity contribution in [3.63, 3.8) is 0 Å². The van der Waals surface area contributed by atoms with Gasteiger partial charge >= 0.3 is 0 Å². The highest BCUT2D eigenvalue weighted by Crippen LogP contribution is 2.50. The van der Waals surface area contributed by atoms with Crippen molar-refractivity contribution in [2.24, 2.45) is 5.92 Å². The van der Waals surface area contributed by atoms with Crippen molar-refractivity contribution < 1.29 is 19.0 Å². The Balaban J connectivity index is 1.59.